The van der Waals surface area contributed by atoms with Crippen LogP contribution in [0.5, 0.6) is 0 Å². The minimum Gasteiger partial charge on any atom is -0.481 e. The number of rotatable bonds is 5. The molecule has 1 aliphatic carbocycles. The molecule has 1 heterocycles. The third-order valence-electron chi connectivity index (χ3n) is 3.60. The molecule has 0 unspecified atom stereocenters. The number of aliphatic carboxylic acids is 1. The fourth-order valence-corrected chi connectivity index (χ4v) is 3.88. The van der Waals surface area contributed by atoms with Gasteiger partial charge in [0.1, 0.15) is 0 Å². The van der Waals surface area contributed by atoms with Gasteiger partial charge in [-0.05, 0) is 29.7 Å². The van der Waals surface area contributed by atoms with Crippen molar-refractivity contribution in [3.8, 4) is 0 Å². The van der Waals surface area contributed by atoms with Crippen molar-refractivity contribution in [2.75, 3.05) is 0 Å². The fraction of sp³-hybridized carbons (Fsp3) is 0.538. The maximum absolute atomic E-state index is 12.2. The van der Waals surface area contributed by atoms with E-state index in [4.69, 9.17) is 16.7 Å². The van der Waals surface area contributed by atoms with Gasteiger partial charge in [-0.15, -0.1) is 11.3 Å². The number of carbonyl (C=O) groups excluding carboxylic acids is 1. The van der Waals surface area contributed by atoms with Crippen LogP contribution in [0.25, 0.3) is 0 Å². The Hall–Kier alpha value is -0.870. The number of carbonyl (C=O) groups is 2. The Morgan fingerprint density at radius 2 is 2.00 bits per heavy atom. The standard InChI is InChI=1S/C13H15ClO3S/c14-9-3-6-18-12(9)10(15)7-13(8-11(16)17)4-1-2-5-13/h3,6H,1-2,4-5,7-8H2,(H,16,17). The lowest BCUT2D eigenvalue weighted by molar-refractivity contribution is -0.139. The highest BCUT2D eigenvalue weighted by Crippen LogP contribution is 2.45. The van der Waals surface area contributed by atoms with Crippen molar-refractivity contribution in [2.45, 2.75) is 38.5 Å². The van der Waals surface area contributed by atoms with E-state index < -0.39 is 5.97 Å². The van der Waals surface area contributed by atoms with E-state index in [0.29, 0.717) is 16.3 Å². The zero-order valence-corrected chi connectivity index (χ0v) is 11.5. The predicted octanol–water partition coefficient (Wildman–Crippen LogP) is 4.01. The number of ketones is 1. The van der Waals surface area contributed by atoms with Crippen molar-refractivity contribution in [3.63, 3.8) is 0 Å². The number of carboxylic acid groups (broad SMARTS) is 1. The number of hydrogen-bond donors (Lipinski definition) is 1. The lowest BCUT2D eigenvalue weighted by Gasteiger charge is -2.25. The third kappa shape index (κ3) is 2.93. The molecule has 1 aromatic rings. The van der Waals surface area contributed by atoms with Gasteiger partial charge in [0.2, 0.25) is 0 Å². The zero-order valence-electron chi connectivity index (χ0n) is 9.95. The Balaban J connectivity index is 2.12. The Labute approximate surface area is 115 Å². The molecule has 5 heteroatoms. The van der Waals surface area contributed by atoms with Crippen LogP contribution in [0.15, 0.2) is 11.4 Å². The van der Waals surface area contributed by atoms with E-state index in [0.717, 1.165) is 25.7 Å². The Kier molecular flexibility index (Phi) is 4.07. The molecule has 0 saturated heterocycles. The van der Waals surface area contributed by atoms with Crippen LogP contribution in [-0.2, 0) is 4.79 Å². The Bertz CT molecular complexity index is 461. The smallest absolute Gasteiger partial charge is 0.303 e. The van der Waals surface area contributed by atoms with E-state index in [2.05, 4.69) is 0 Å². The highest BCUT2D eigenvalue weighted by atomic mass is 35.5. The minimum absolute atomic E-state index is 0.0156. The van der Waals surface area contributed by atoms with Gasteiger partial charge in [-0.25, -0.2) is 0 Å². The van der Waals surface area contributed by atoms with Crippen molar-refractivity contribution in [1.82, 2.24) is 0 Å². The molecule has 1 aromatic heterocycles. The Morgan fingerprint density at radius 1 is 1.33 bits per heavy atom. The molecule has 0 bridgehead atoms. The summed E-state index contributed by atoms with van der Waals surface area (Å²) in [6, 6.07) is 1.71. The number of thiophene rings is 1. The monoisotopic (exact) mass is 286 g/mol. The average molecular weight is 287 g/mol. The summed E-state index contributed by atoms with van der Waals surface area (Å²) in [5.74, 6) is -0.833. The van der Waals surface area contributed by atoms with Crippen LogP contribution >= 0.6 is 22.9 Å². The summed E-state index contributed by atoms with van der Waals surface area (Å²) in [7, 11) is 0. The van der Waals surface area contributed by atoms with Gasteiger partial charge in [0, 0.05) is 6.42 Å². The van der Waals surface area contributed by atoms with Crippen LogP contribution in [0.2, 0.25) is 5.02 Å². The van der Waals surface area contributed by atoms with E-state index in [1.54, 1.807) is 11.4 Å². The second-order valence-electron chi connectivity index (χ2n) is 4.98. The molecule has 0 spiro atoms. The van der Waals surface area contributed by atoms with Gasteiger partial charge in [-0.2, -0.15) is 0 Å². The molecule has 98 valence electrons. The van der Waals surface area contributed by atoms with Gasteiger partial charge < -0.3 is 5.11 Å². The van der Waals surface area contributed by atoms with Gasteiger partial charge in [0.25, 0.3) is 0 Å². The molecule has 1 N–H and O–H groups in total. The van der Waals surface area contributed by atoms with Gasteiger partial charge in [0.15, 0.2) is 5.78 Å². The molecular formula is C13H15ClO3S. The van der Waals surface area contributed by atoms with Crippen LogP contribution in [-0.4, -0.2) is 16.9 Å². The molecule has 3 nitrogen and oxygen atoms in total. The summed E-state index contributed by atoms with van der Waals surface area (Å²) in [5.41, 5.74) is -0.351. The van der Waals surface area contributed by atoms with Crippen LogP contribution in [0, 0.1) is 5.41 Å². The van der Waals surface area contributed by atoms with Crippen molar-refractivity contribution >= 4 is 34.7 Å². The number of carboxylic acids is 1. The van der Waals surface area contributed by atoms with Crippen LogP contribution in [0.4, 0.5) is 0 Å². The van der Waals surface area contributed by atoms with E-state index in [1.165, 1.54) is 11.3 Å². The molecular weight excluding hydrogens is 272 g/mol. The third-order valence-corrected chi connectivity index (χ3v) is 4.98. The van der Waals surface area contributed by atoms with Gasteiger partial charge in [-0.1, -0.05) is 24.4 Å². The minimum atomic E-state index is -0.818. The van der Waals surface area contributed by atoms with E-state index in [1.807, 2.05) is 0 Å². The summed E-state index contributed by atoms with van der Waals surface area (Å²) in [6.45, 7) is 0. The van der Waals surface area contributed by atoms with Gasteiger partial charge in [0.05, 0.1) is 16.3 Å². The average Bonchev–Trinajstić information content (AvgIpc) is 2.86. The molecule has 18 heavy (non-hydrogen) atoms. The van der Waals surface area contributed by atoms with Crippen molar-refractivity contribution in [2.24, 2.45) is 5.41 Å². The summed E-state index contributed by atoms with van der Waals surface area (Å²) >= 11 is 7.27. The van der Waals surface area contributed by atoms with Crippen LogP contribution < -0.4 is 0 Å². The van der Waals surface area contributed by atoms with Crippen LogP contribution in [0.3, 0.4) is 0 Å². The van der Waals surface area contributed by atoms with Gasteiger partial charge in [-0.3, -0.25) is 9.59 Å². The summed E-state index contributed by atoms with van der Waals surface area (Å²) in [6.07, 6.45) is 4.07. The molecule has 0 atom stereocenters. The van der Waals surface area contributed by atoms with Crippen molar-refractivity contribution in [1.29, 1.82) is 0 Å². The maximum atomic E-state index is 12.2. The topological polar surface area (TPSA) is 54.4 Å². The first-order valence-corrected chi connectivity index (χ1v) is 7.26. The fourth-order valence-electron chi connectivity index (χ4n) is 2.78. The Morgan fingerprint density at radius 3 is 2.50 bits per heavy atom. The summed E-state index contributed by atoms with van der Waals surface area (Å²) in [5, 5.41) is 11.3. The molecule has 1 fully saturated rings. The molecule has 1 aliphatic rings. The molecule has 0 amide bonds. The first kappa shape index (κ1) is 13.6. The molecule has 1 saturated carbocycles. The number of hydrogen-bond acceptors (Lipinski definition) is 3. The second-order valence-corrected chi connectivity index (χ2v) is 6.30. The first-order valence-electron chi connectivity index (χ1n) is 6.00. The largest absolute Gasteiger partial charge is 0.481 e. The highest BCUT2D eigenvalue weighted by Gasteiger charge is 2.38. The first-order chi connectivity index (χ1) is 8.52. The highest BCUT2D eigenvalue weighted by molar-refractivity contribution is 7.12. The normalized spacial score (nSPS) is 17.8. The zero-order chi connectivity index (χ0) is 13.2. The summed E-state index contributed by atoms with van der Waals surface area (Å²) < 4.78 is 0. The lowest BCUT2D eigenvalue weighted by atomic mass is 9.78. The van der Waals surface area contributed by atoms with E-state index >= 15 is 0 Å². The van der Waals surface area contributed by atoms with Crippen molar-refractivity contribution in [3.05, 3.63) is 21.3 Å². The molecule has 0 aromatic carbocycles. The van der Waals surface area contributed by atoms with E-state index in [9.17, 15) is 9.59 Å². The molecule has 0 radical (unpaired) electrons. The molecule has 0 aliphatic heterocycles. The SMILES string of the molecule is O=C(O)CC1(CC(=O)c2sccc2Cl)CCCC1. The maximum Gasteiger partial charge on any atom is 0.303 e. The molecule has 2 rings (SSSR count). The summed E-state index contributed by atoms with van der Waals surface area (Å²) in [4.78, 5) is 23.7. The number of Topliss-reactive ketones (excluding diaryl/α,β-unsaturated/α-hetero) is 1. The van der Waals surface area contributed by atoms with Crippen LogP contribution in [0.1, 0.15) is 48.2 Å². The van der Waals surface area contributed by atoms with E-state index in [-0.39, 0.29) is 17.6 Å². The lowest BCUT2D eigenvalue weighted by Crippen LogP contribution is -2.24. The van der Waals surface area contributed by atoms with Gasteiger partial charge >= 0.3 is 5.97 Å². The predicted molar refractivity (Wildman–Crippen MR) is 71.4 cm³/mol. The quantitative estimate of drug-likeness (QED) is 0.832. The second kappa shape index (κ2) is 5.41. The number of halogens is 1. The van der Waals surface area contributed by atoms with Crippen molar-refractivity contribution < 1.29 is 14.7 Å².